The number of carbonyl (C=O) groups excluding carboxylic acids is 4. The minimum absolute atomic E-state index is 0.113. The number of carboxylic acid groups (broad SMARTS) is 3. The highest BCUT2D eigenvalue weighted by Gasteiger charge is 2.38. The van der Waals surface area contributed by atoms with Crippen molar-refractivity contribution in [3.8, 4) is 0 Å². The number of imide groups is 3. The lowest BCUT2D eigenvalue weighted by molar-refractivity contribution is -0.153. The van der Waals surface area contributed by atoms with Crippen LogP contribution in [0.3, 0.4) is 0 Å². The van der Waals surface area contributed by atoms with Gasteiger partial charge in [-0.25, -0.2) is 4.90 Å². The summed E-state index contributed by atoms with van der Waals surface area (Å²) in [6.45, 7) is -0.121. The highest BCUT2D eigenvalue weighted by Crippen LogP contribution is 2.17. The molecule has 0 saturated carbocycles. The number of nitrogens with zero attached hydrogens (tertiary/aromatic N) is 5. The molecule has 3 amide bonds. The number of carbonyl (C=O) groups is 7. The van der Waals surface area contributed by atoms with E-state index in [0.717, 1.165) is 0 Å². The van der Waals surface area contributed by atoms with Crippen LogP contribution in [0.25, 0.3) is 0 Å². The van der Waals surface area contributed by atoms with Crippen LogP contribution in [-0.2, 0) is 33.6 Å². The topological polar surface area (TPSA) is 217 Å². The van der Waals surface area contributed by atoms with Crippen LogP contribution in [0.15, 0.2) is 0 Å². The average molecular weight is 572 g/mol. The lowest BCUT2D eigenvalue weighted by Gasteiger charge is -2.33. The quantitative estimate of drug-likeness (QED) is 0.169. The third-order valence-corrected chi connectivity index (χ3v) is 6.72. The first-order valence-corrected chi connectivity index (χ1v) is 13.0. The number of hydrogen-bond acceptors (Lipinski definition) is 12. The summed E-state index contributed by atoms with van der Waals surface area (Å²) >= 11 is 0. The van der Waals surface area contributed by atoms with E-state index in [0.29, 0.717) is 4.90 Å². The molecule has 0 aromatic carbocycles. The van der Waals surface area contributed by atoms with Crippen LogP contribution >= 0.6 is 0 Å². The maximum absolute atomic E-state index is 12.9. The van der Waals surface area contributed by atoms with Gasteiger partial charge in [-0.3, -0.25) is 53.2 Å². The minimum atomic E-state index is -1.28. The van der Waals surface area contributed by atoms with Crippen LogP contribution in [0.4, 0.5) is 0 Å². The van der Waals surface area contributed by atoms with Crippen molar-refractivity contribution < 1.29 is 54.0 Å². The van der Waals surface area contributed by atoms with Gasteiger partial charge in [0.25, 0.3) is 0 Å². The molecule has 2 fully saturated rings. The lowest BCUT2D eigenvalue weighted by atomic mass is 10.0. The molecule has 40 heavy (non-hydrogen) atoms. The molecule has 2 rings (SSSR count). The maximum Gasteiger partial charge on any atom is 0.317 e. The summed E-state index contributed by atoms with van der Waals surface area (Å²) in [7, 11) is 0. The van der Waals surface area contributed by atoms with Crippen LogP contribution in [0, 0.1) is 5.92 Å². The highest BCUT2D eigenvalue weighted by atomic mass is 16.4. The van der Waals surface area contributed by atoms with Crippen molar-refractivity contribution in [1.82, 2.24) is 24.5 Å². The Labute approximate surface area is 230 Å². The largest absolute Gasteiger partial charge is 0.480 e. The number of aliphatic hydroxyl groups excluding tert-OH is 1. The van der Waals surface area contributed by atoms with Crippen molar-refractivity contribution in [1.29, 1.82) is 0 Å². The minimum Gasteiger partial charge on any atom is -0.480 e. The second-order valence-corrected chi connectivity index (χ2v) is 9.87. The van der Waals surface area contributed by atoms with Crippen molar-refractivity contribution in [3.63, 3.8) is 0 Å². The summed E-state index contributed by atoms with van der Waals surface area (Å²) in [5.74, 6) is -7.25. The SMILES string of the molecule is O=C(O)CN1CCN(CC(=O)O)CCN(CC(=O)CC(CO)C(=O)N2C(=O)CCC2=O)CCN(CC(=O)O)CC1. The molecular weight excluding hydrogens is 534 g/mol. The smallest absolute Gasteiger partial charge is 0.317 e. The standard InChI is InChI=1S/C24H37N5O11/c30-16-17(24(40)29-19(32)1-2-20(29)33)11-18(31)12-25-3-5-26(13-21(34)35)7-9-28(15-23(38)39)10-8-27(6-4-25)14-22(36)37/h17,30H,1-16H2,(H,34,35)(H,36,37)(H,38,39). The molecule has 2 heterocycles. The number of amides is 3. The molecule has 1 atom stereocenters. The number of likely N-dealkylation sites (tertiary alicyclic amines) is 1. The van der Waals surface area contributed by atoms with Gasteiger partial charge < -0.3 is 20.4 Å². The third kappa shape index (κ3) is 11.1. The van der Waals surface area contributed by atoms with E-state index in [1.807, 2.05) is 0 Å². The zero-order chi connectivity index (χ0) is 29.8. The molecule has 4 N–H and O–H groups in total. The van der Waals surface area contributed by atoms with Gasteiger partial charge in [0.05, 0.1) is 38.7 Å². The first-order chi connectivity index (χ1) is 18.9. The molecule has 0 aromatic rings. The average Bonchev–Trinajstić information content (AvgIpc) is 3.20. The molecule has 0 spiro atoms. The second kappa shape index (κ2) is 16.1. The summed E-state index contributed by atoms with van der Waals surface area (Å²) in [5, 5.41) is 37.6. The monoisotopic (exact) mass is 571 g/mol. The van der Waals surface area contributed by atoms with Gasteiger partial charge in [-0.2, -0.15) is 0 Å². The number of ketones is 1. The summed E-state index contributed by atoms with van der Waals surface area (Å²) in [5.41, 5.74) is 0. The van der Waals surface area contributed by atoms with Crippen molar-refractivity contribution >= 4 is 41.4 Å². The predicted molar refractivity (Wildman–Crippen MR) is 135 cm³/mol. The molecule has 0 radical (unpaired) electrons. The molecule has 224 valence electrons. The van der Waals surface area contributed by atoms with Crippen molar-refractivity contribution in [2.45, 2.75) is 19.3 Å². The Morgan fingerprint density at radius 2 is 0.925 bits per heavy atom. The Kier molecular flexibility index (Phi) is 13.2. The summed E-state index contributed by atoms with van der Waals surface area (Å²) < 4.78 is 0. The highest BCUT2D eigenvalue weighted by molar-refractivity contribution is 6.15. The number of aliphatic hydroxyl groups is 1. The molecule has 16 nitrogen and oxygen atoms in total. The molecule has 0 aliphatic carbocycles. The van der Waals surface area contributed by atoms with E-state index in [4.69, 9.17) is 0 Å². The van der Waals surface area contributed by atoms with Crippen LogP contribution in [-0.4, -0.2) is 171 Å². The Morgan fingerprint density at radius 3 is 1.23 bits per heavy atom. The molecule has 1 unspecified atom stereocenters. The summed E-state index contributed by atoms with van der Waals surface area (Å²) in [6.07, 6.45) is -0.652. The summed E-state index contributed by atoms with van der Waals surface area (Å²) in [6, 6.07) is 0. The van der Waals surface area contributed by atoms with Gasteiger partial charge >= 0.3 is 17.9 Å². The van der Waals surface area contributed by atoms with Gasteiger partial charge in [0.2, 0.25) is 17.7 Å². The third-order valence-electron chi connectivity index (χ3n) is 6.72. The van der Waals surface area contributed by atoms with Crippen LogP contribution < -0.4 is 0 Å². The van der Waals surface area contributed by atoms with Crippen molar-refractivity contribution in [2.24, 2.45) is 5.92 Å². The summed E-state index contributed by atoms with van der Waals surface area (Å²) in [4.78, 5) is 90.5. The fourth-order valence-electron chi connectivity index (χ4n) is 4.61. The van der Waals surface area contributed by atoms with E-state index in [1.54, 1.807) is 19.6 Å². The van der Waals surface area contributed by atoms with Gasteiger partial charge in [-0.1, -0.05) is 0 Å². The van der Waals surface area contributed by atoms with Gasteiger partial charge in [0, 0.05) is 71.6 Å². The van der Waals surface area contributed by atoms with Gasteiger partial charge in [0.15, 0.2) is 0 Å². The first kappa shape index (κ1) is 32.9. The number of carboxylic acids is 3. The van der Waals surface area contributed by atoms with Crippen LogP contribution in [0.2, 0.25) is 0 Å². The molecule has 0 aromatic heterocycles. The van der Waals surface area contributed by atoms with Crippen LogP contribution in [0.1, 0.15) is 19.3 Å². The van der Waals surface area contributed by atoms with Gasteiger partial charge in [-0.15, -0.1) is 0 Å². The van der Waals surface area contributed by atoms with Crippen molar-refractivity contribution in [2.75, 3.05) is 85.1 Å². The van der Waals surface area contributed by atoms with Gasteiger partial charge in [-0.05, 0) is 0 Å². The Hall–Kier alpha value is -3.31. The fraction of sp³-hybridized carbons (Fsp3) is 0.708. The molecular formula is C24H37N5O11. The number of aliphatic carboxylic acids is 3. The Bertz CT molecular complexity index is 927. The Balaban J connectivity index is 2.13. The molecule has 0 bridgehead atoms. The number of hydrogen-bond donors (Lipinski definition) is 4. The van der Waals surface area contributed by atoms with Crippen molar-refractivity contribution in [3.05, 3.63) is 0 Å². The van der Waals surface area contributed by atoms with Crippen LogP contribution in [0.5, 0.6) is 0 Å². The predicted octanol–water partition coefficient (Wildman–Crippen LogP) is -3.29. The second-order valence-electron chi connectivity index (χ2n) is 9.87. The maximum atomic E-state index is 12.9. The normalized spacial score (nSPS) is 20.1. The molecule has 2 saturated heterocycles. The first-order valence-electron chi connectivity index (χ1n) is 13.0. The number of rotatable bonds is 12. The van der Waals surface area contributed by atoms with E-state index < -0.39 is 60.4 Å². The molecule has 2 aliphatic heterocycles. The fourth-order valence-corrected chi connectivity index (χ4v) is 4.61. The molecule has 16 heteroatoms. The van der Waals surface area contributed by atoms with Gasteiger partial charge in [0.1, 0.15) is 5.78 Å². The molecule has 2 aliphatic rings. The van der Waals surface area contributed by atoms with E-state index in [2.05, 4.69) is 0 Å². The Morgan fingerprint density at radius 1 is 0.600 bits per heavy atom. The lowest BCUT2D eigenvalue weighted by Crippen LogP contribution is -2.49. The van der Waals surface area contributed by atoms with E-state index in [1.165, 1.54) is 0 Å². The zero-order valence-electron chi connectivity index (χ0n) is 22.3. The zero-order valence-corrected chi connectivity index (χ0v) is 22.3. The van der Waals surface area contributed by atoms with E-state index in [9.17, 15) is 54.0 Å². The number of Topliss-reactive ketones (excluding diaryl/α,β-unsaturated/α-hetero) is 1. The van der Waals surface area contributed by atoms with E-state index >= 15 is 0 Å². The van der Waals surface area contributed by atoms with E-state index in [-0.39, 0.29) is 91.4 Å².